The molecule has 0 aliphatic carbocycles. The van der Waals surface area contributed by atoms with Crippen molar-refractivity contribution >= 4 is 5.97 Å². The van der Waals surface area contributed by atoms with E-state index in [-0.39, 0.29) is 6.04 Å². The molecule has 0 saturated carbocycles. The standard InChI is InChI=1S/C15H29NO2/c1-2-3-4-5-6-7-8-9-12-16-13-10-11-14(16)15(17)18/h14H,2-13H2,1H3,(H,17,18). The summed E-state index contributed by atoms with van der Waals surface area (Å²) in [7, 11) is 0. The summed E-state index contributed by atoms with van der Waals surface area (Å²) in [5, 5.41) is 9.07. The lowest BCUT2D eigenvalue weighted by Crippen LogP contribution is -2.36. The number of likely N-dealkylation sites (tertiary alicyclic amines) is 1. The van der Waals surface area contributed by atoms with Crippen molar-refractivity contribution in [2.45, 2.75) is 77.2 Å². The number of carboxylic acid groups (broad SMARTS) is 1. The molecule has 3 heteroatoms. The van der Waals surface area contributed by atoms with E-state index in [1.54, 1.807) is 0 Å². The van der Waals surface area contributed by atoms with Crippen LogP contribution in [0.4, 0.5) is 0 Å². The molecule has 0 radical (unpaired) electrons. The van der Waals surface area contributed by atoms with Crippen LogP contribution in [0.5, 0.6) is 0 Å². The van der Waals surface area contributed by atoms with Gasteiger partial charge in [-0.1, -0.05) is 51.9 Å². The molecule has 1 unspecified atom stereocenters. The minimum atomic E-state index is -0.632. The van der Waals surface area contributed by atoms with Crippen molar-refractivity contribution in [3.63, 3.8) is 0 Å². The van der Waals surface area contributed by atoms with Crippen LogP contribution in [0.3, 0.4) is 0 Å². The van der Waals surface area contributed by atoms with Crippen molar-refractivity contribution < 1.29 is 9.90 Å². The van der Waals surface area contributed by atoms with Gasteiger partial charge in [-0.05, 0) is 32.4 Å². The first kappa shape index (κ1) is 15.5. The van der Waals surface area contributed by atoms with E-state index in [1.165, 1.54) is 44.9 Å². The van der Waals surface area contributed by atoms with Gasteiger partial charge < -0.3 is 5.11 Å². The summed E-state index contributed by atoms with van der Waals surface area (Å²) in [6, 6.07) is -0.199. The average molecular weight is 255 g/mol. The molecule has 1 N–H and O–H groups in total. The summed E-state index contributed by atoms with van der Waals surface area (Å²) < 4.78 is 0. The predicted octanol–water partition coefficient (Wildman–Crippen LogP) is 3.68. The number of hydrogen-bond acceptors (Lipinski definition) is 2. The third-order valence-electron chi connectivity index (χ3n) is 3.95. The minimum absolute atomic E-state index is 0.199. The Morgan fingerprint density at radius 1 is 1.11 bits per heavy atom. The van der Waals surface area contributed by atoms with E-state index < -0.39 is 5.97 Å². The van der Waals surface area contributed by atoms with Crippen LogP contribution in [-0.4, -0.2) is 35.1 Å². The monoisotopic (exact) mass is 255 g/mol. The number of carboxylic acids is 1. The summed E-state index contributed by atoms with van der Waals surface area (Å²) in [6.07, 6.45) is 12.4. The predicted molar refractivity (Wildman–Crippen MR) is 74.8 cm³/mol. The Kier molecular flexibility index (Phi) is 8.06. The third kappa shape index (κ3) is 5.85. The van der Waals surface area contributed by atoms with Crippen molar-refractivity contribution in [1.29, 1.82) is 0 Å². The highest BCUT2D eigenvalue weighted by Crippen LogP contribution is 2.18. The number of hydrogen-bond donors (Lipinski definition) is 1. The number of aliphatic carboxylic acids is 1. The van der Waals surface area contributed by atoms with Crippen LogP contribution in [-0.2, 0) is 4.79 Å². The Labute approximate surface area is 112 Å². The lowest BCUT2D eigenvalue weighted by molar-refractivity contribution is -0.142. The van der Waals surface area contributed by atoms with Crippen molar-refractivity contribution in [3.8, 4) is 0 Å². The minimum Gasteiger partial charge on any atom is -0.480 e. The van der Waals surface area contributed by atoms with Gasteiger partial charge in [0.1, 0.15) is 6.04 Å². The molecule has 1 atom stereocenters. The van der Waals surface area contributed by atoms with E-state index in [4.69, 9.17) is 5.11 Å². The average Bonchev–Trinajstić information content (AvgIpc) is 2.81. The van der Waals surface area contributed by atoms with E-state index in [0.29, 0.717) is 0 Å². The summed E-state index contributed by atoms with van der Waals surface area (Å²) in [4.78, 5) is 13.2. The number of rotatable bonds is 10. The molecule has 1 heterocycles. The molecular weight excluding hydrogens is 226 g/mol. The highest BCUT2D eigenvalue weighted by Gasteiger charge is 2.29. The van der Waals surface area contributed by atoms with Gasteiger partial charge in [0.2, 0.25) is 0 Å². The van der Waals surface area contributed by atoms with Gasteiger partial charge >= 0.3 is 5.97 Å². The Morgan fingerprint density at radius 2 is 1.72 bits per heavy atom. The smallest absolute Gasteiger partial charge is 0.320 e. The van der Waals surface area contributed by atoms with E-state index in [1.807, 2.05) is 0 Å². The van der Waals surface area contributed by atoms with Crippen molar-refractivity contribution in [2.75, 3.05) is 13.1 Å². The highest BCUT2D eigenvalue weighted by atomic mass is 16.4. The van der Waals surface area contributed by atoms with Gasteiger partial charge in [0.25, 0.3) is 0 Å². The van der Waals surface area contributed by atoms with Gasteiger partial charge in [-0.3, -0.25) is 9.69 Å². The van der Waals surface area contributed by atoms with Gasteiger partial charge in [0.05, 0.1) is 0 Å². The molecule has 1 aliphatic rings. The Morgan fingerprint density at radius 3 is 2.33 bits per heavy atom. The maximum atomic E-state index is 11.0. The lowest BCUT2D eigenvalue weighted by atomic mass is 10.1. The molecule has 0 aromatic rings. The molecular formula is C15H29NO2. The Bertz CT molecular complexity index is 231. The van der Waals surface area contributed by atoms with Gasteiger partial charge in [-0.25, -0.2) is 0 Å². The largest absolute Gasteiger partial charge is 0.480 e. The zero-order valence-electron chi connectivity index (χ0n) is 11.9. The second-order valence-electron chi connectivity index (χ2n) is 5.51. The second-order valence-corrected chi connectivity index (χ2v) is 5.51. The first-order valence-electron chi connectivity index (χ1n) is 7.72. The van der Waals surface area contributed by atoms with Crippen LogP contribution in [0.15, 0.2) is 0 Å². The van der Waals surface area contributed by atoms with Crippen LogP contribution in [0.2, 0.25) is 0 Å². The number of unbranched alkanes of at least 4 members (excludes halogenated alkanes) is 7. The van der Waals surface area contributed by atoms with Gasteiger partial charge in [-0.2, -0.15) is 0 Å². The van der Waals surface area contributed by atoms with Gasteiger partial charge in [-0.15, -0.1) is 0 Å². The maximum Gasteiger partial charge on any atom is 0.320 e. The molecule has 1 aliphatic heterocycles. The fraction of sp³-hybridized carbons (Fsp3) is 0.933. The molecule has 1 saturated heterocycles. The summed E-state index contributed by atoms with van der Waals surface area (Å²) >= 11 is 0. The quantitative estimate of drug-likeness (QED) is 0.605. The van der Waals surface area contributed by atoms with Gasteiger partial charge in [0.15, 0.2) is 0 Å². The molecule has 1 rings (SSSR count). The van der Waals surface area contributed by atoms with Crippen molar-refractivity contribution in [2.24, 2.45) is 0 Å². The van der Waals surface area contributed by atoms with Crippen molar-refractivity contribution in [1.82, 2.24) is 4.90 Å². The maximum absolute atomic E-state index is 11.0. The first-order valence-corrected chi connectivity index (χ1v) is 7.72. The lowest BCUT2D eigenvalue weighted by Gasteiger charge is -2.20. The SMILES string of the molecule is CCCCCCCCCCN1CCCC1C(=O)O. The summed E-state index contributed by atoms with van der Waals surface area (Å²) in [5.74, 6) is -0.632. The molecule has 0 spiro atoms. The molecule has 0 aromatic heterocycles. The molecule has 106 valence electrons. The zero-order chi connectivity index (χ0) is 13.2. The highest BCUT2D eigenvalue weighted by molar-refractivity contribution is 5.73. The molecule has 0 bridgehead atoms. The summed E-state index contributed by atoms with van der Waals surface area (Å²) in [6.45, 7) is 4.20. The first-order chi connectivity index (χ1) is 8.75. The molecule has 1 fully saturated rings. The van der Waals surface area contributed by atoms with Crippen molar-refractivity contribution in [3.05, 3.63) is 0 Å². The van der Waals surface area contributed by atoms with Crippen LogP contribution < -0.4 is 0 Å². The summed E-state index contributed by atoms with van der Waals surface area (Å²) in [5.41, 5.74) is 0. The third-order valence-corrected chi connectivity index (χ3v) is 3.95. The Hall–Kier alpha value is -0.570. The fourth-order valence-corrected chi connectivity index (χ4v) is 2.82. The Balaban J connectivity index is 1.96. The van der Waals surface area contributed by atoms with E-state index in [0.717, 1.165) is 32.4 Å². The molecule has 0 aromatic carbocycles. The second kappa shape index (κ2) is 9.37. The fourth-order valence-electron chi connectivity index (χ4n) is 2.82. The van der Waals surface area contributed by atoms with E-state index in [2.05, 4.69) is 11.8 Å². The topological polar surface area (TPSA) is 40.5 Å². The molecule has 0 amide bonds. The van der Waals surface area contributed by atoms with Crippen LogP contribution in [0.25, 0.3) is 0 Å². The van der Waals surface area contributed by atoms with Gasteiger partial charge in [0, 0.05) is 0 Å². The van der Waals surface area contributed by atoms with Crippen LogP contribution >= 0.6 is 0 Å². The van der Waals surface area contributed by atoms with E-state index in [9.17, 15) is 4.79 Å². The van der Waals surface area contributed by atoms with Crippen LogP contribution in [0, 0.1) is 0 Å². The molecule has 3 nitrogen and oxygen atoms in total. The number of nitrogens with zero attached hydrogens (tertiary/aromatic N) is 1. The number of carbonyl (C=O) groups is 1. The van der Waals surface area contributed by atoms with E-state index >= 15 is 0 Å². The normalized spacial score (nSPS) is 20.4. The zero-order valence-corrected chi connectivity index (χ0v) is 11.9. The van der Waals surface area contributed by atoms with Crippen LogP contribution in [0.1, 0.15) is 71.1 Å². The molecule has 18 heavy (non-hydrogen) atoms.